The molecule has 0 aliphatic rings. The van der Waals surface area contributed by atoms with E-state index < -0.39 is 5.97 Å². The normalized spacial score (nSPS) is 15.9. The maximum atomic E-state index is 10.7. The molecule has 0 spiro atoms. The molecule has 31 heavy (non-hydrogen) atoms. The minimum atomic E-state index is -0.938. The lowest BCUT2D eigenvalue weighted by Gasteiger charge is -2.23. The van der Waals surface area contributed by atoms with Crippen molar-refractivity contribution < 1.29 is 19.4 Å². The number of carboxylic acid groups (broad SMARTS) is 1. The summed E-state index contributed by atoms with van der Waals surface area (Å²) in [6.07, 6.45) is 14.3. The minimum Gasteiger partial charge on any atom is -0.490 e. The number of rotatable bonds is 13. The zero-order valence-electron chi connectivity index (χ0n) is 19.8. The number of ether oxygens (including phenoxy) is 2. The van der Waals surface area contributed by atoms with Gasteiger partial charge in [-0.2, -0.15) is 0 Å². The van der Waals surface area contributed by atoms with E-state index in [1.54, 1.807) is 20.1 Å². The molecule has 3 unspecified atom stereocenters. The summed E-state index contributed by atoms with van der Waals surface area (Å²) in [4.78, 5) is 10.7. The predicted octanol–water partition coefficient (Wildman–Crippen LogP) is 6.84. The van der Waals surface area contributed by atoms with Crippen LogP contribution in [0.3, 0.4) is 0 Å². The molecule has 0 heterocycles. The van der Waals surface area contributed by atoms with Crippen LogP contribution in [0.2, 0.25) is 0 Å². The van der Waals surface area contributed by atoms with Crippen LogP contribution in [0, 0.1) is 5.92 Å². The number of carboxylic acids is 1. The first-order valence-electron chi connectivity index (χ1n) is 11.0. The maximum absolute atomic E-state index is 10.7. The molecule has 0 aliphatic heterocycles. The van der Waals surface area contributed by atoms with Crippen molar-refractivity contribution in [1.82, 2.24) is 0 Å². The Morgan fingerprint density at radius 3 is 2.45 bits per heavy atom. The van der Waals surface area contributed by atoms with Crippen molar-refractivity contribution in [2.24, 2.45) is 5.92 Å². The highest BCUT2D eigenvalue weighted by Gasteiger charge is 2.16. The molecule has 0 bridgehead atoms. The third-order valence-electron chi connectivity index (χ3n) is 5.07. The highest BCUT2D eigenvalue weighted by molar-refractivity contribution is 5.81. The summed E-state index contributed by atoms with van der Waals surface area (Å²) in [6.45, 7) is 10.3. The number of benzene rings is 1. The van der Waals surface area contributed by atoms with Gasteiger partial charge in [-0.05, 0) is 57.6 Å². The Morgan fingerprint density at radius 1 is 1.10 bits per heavy atom. The van der Waals surface area contributed by atoms with Gasteiger partial charge in [-0.15, -0.1) is 0 Å². The summed E-state index contributed by atoms with van der Waals surface area (Å²) in [5.74, 6) is 0.478. The van der Waals surface area contributed by atoms with Crippen LogP contribution < -0.4 is 4.74 Å². The molecule has 0 amide bonds. The summed E-state index contributed by atoms with van der Waals surface area (Å²) in [5, 5.41) is 8.75. The van der Waals surface area contributed by atoms with Gasteiger partial charge in [-0.25, -0.2) is 4.79 Å². The van der Waals surface area contributed by atoms with Crippen LogP contribution in [0.4, 0.5) is 0 Å². The Morgan fingerprint density at radius 2 is 1.81 bits per heavy atom. The van der Waals surface area contributed by atoms with Gasteiger partial charge in [0.15, 0.2) is 0 Å². The molecule has 0 saturated heterocycles. The van der Waals surface area contributed by atoms with Gasteiger partial charge in [0, 0.05) is 18.7 Å². The van der Waals surface area contributed by atoms with Gasteiger partial charge in [0.2, 0.25) is 0 Å². The lowest BCUT2D eigenvalue weighted by atomic mass is 9.96. The fraction of sp³-hybridized carbons (Fsp3) is 0.444. The number of hydrogen-bond acceptors (Lipinski definition) is 3. The molecule has 0 aromatic heterocycles. The van der Waals surface area contributed by atoms with E-state index in [-0.39, 0.29) is 12.2 Å². The molecule has 1 aromatic rings. The average Bonchev–Trinajstić information content (AvgIpc) is 2.71. The second-order valence-electron chi connectivity index (χ2n) is 8.14. The van der Waals surface area contributed by atoms with Crippen molar-refractivity contribution in [3.63, 3.8) is 0 Å². The van der Waals surface area contributed by atoms with Crippen molar-refractivity contribution in [1.29, 1.82) is 0 Å². The maximum Gasteiger partial charge on any atom is 0.328 e. The molecule has 0 saturated carbocycles. The molecule has 1 N–H and O–H groups in total. The summed E-state index contributed by atoms with van der Waals surface area (Å²) in [5.41, 5.74) is 2.79. The van der Waals surface area contributed by atoms with Gasteiger partial charge in [0.05, 0.1) is 12.2 Å². The van der Waals surface area contributed by atoms with E-state index in [0.29, 0.717) is 11.5 Å². The topological polar surface area (TPSA) is 55.8 Å². The Bertz CT molecular complexity index is 801. The van der Waals surface area contributed by atoms with Crippen molar-refractivity contribution in [3.05, 3.63) is 71.4 Å². The predicted molar refractivity (Wildman–Crippen MR) is 129 cm³/mol. The summed E-state index contributed by atoms with van der Waals surface area (Å²) in [6, 6.07) is 8.08. The third kappa shape index (κ3) is 11.4. The van der Waals surface area contributed by atoms with Gasteiger partial charge < -0.3 is 14.6 Å². The van der Waals surface area contributed by atoms with Gasteiger partial charge in [-0.3, -0.25) is 0 Å². The fourth-order valence-corrected chi connectivity index (χ4v) is 3.28. The van der Waals surface area contributed by atoms with Crippen LogP contribution in [0.15, 0.2) is 65.8 Å². The quantitative estimate of drug-likeness (QED) is 0.277. The monoisotopic (exact) mass is 426 g/mol. The van der Waals surface area contributed by atoms with E-state index in [1.807, 2.05) is 43.4 Å². The van der Waals surface area contributed by atoms with Crippen LogP contribution in [0.5, 0.6) is 5.75 Å². The van der Waals surface area contributed by atoms with E-state index in [1.165, 1.54) is 6.08 Å². The molecule has 0 aliphatic carbocycles. The lowest BCUT2D eigenvalue weighted by molar-refractivity contribution is -0.131. The van der Waals surface area contributed by atoms with Crippen LogP contribution in [-0.4, -0.2) is 30.4 Å². The van der Waals surface area contributed by atoms with E-state index >= 15 is 0 Å². The summed E-state index contributed by atoms with van der Waals surface area (Å²) in [7, 11) is 1.76. The number of para-hydroxylation sites is 1. The number of allylic oxidation sites excluding steroid dienone is 6. The molecule has 170 valence electrons. The van der Waals surface area contributed by atoms with Crippen LogP contribution >= 0.6 is 0 Å². The second-order valence-corrected chi connectivity index (χ2v) is 8.14. The Hall–Kier alpha value is -2.59. The number of methoxy groups -OCH3 is 1. The highest BCUT2D eigenvalue weighted by atomic mass is 16.5. The largest absolute Gasteiger partial charge is 0.490 e. The highest BCUT2D eigenvalue weighted by Crippen LogP contribution is 2.25. The lowest BCUT2D eigenvalue weighted by Crippen LogP contribution is -2.21. The summed E-state index contributed by atoms with van der Waals surface area (Å²) < 4.78 is 11.8. The molecular formula is C27H38O4. The average molecular weight is 427 g/mol. The molecule has 4 heteroatoms. The fourth-order valence-electron chi connectivity index (χ4n) is 3.28. The van der Waals surface area contributed by atoms with Crippen LogP contribution in [-0.2, 0) is 9.53 Å². The van der Waals surface area contributed by atoms with Crippen molar-refractivity contribution in [2.45, 2.75) is 66.1 Å². The van der Waals surface area contributed by atoms with Crippen LogP contribution in [0.1, 0.15) is 59.4 Å². The zero-order valence-corrected chi connectivity index (χ0v) is 19.8. The van der Waals surface area contributed by atoms with E-state index in [4.69, 9.17) is 14.6 Å². The first-order chi connectivity index (χ1) is 14.7. The number of aliphatic carboxylic acids is 1. The van der Waals surface area contributed by atoms with Crippen molar-refractivity contribution >= 4 is 12.0 Å². The van der Waals surface area contributed by atoms with E-state index in [0.717, 1.165) is 36.1 Å². The van der Waals surface area contributed by atoms with Crippen molar-refractivity contribution in [2.75, 3.05) is 7.11 Å². The first-order valence-corrected chi connectivity index (χ1v) is 11.0. The third-order valence-corrected chi connectivity index (χ3v) is 5.07. The molecular weight excluding hydrogens is 388 g/mol. The summed E-state index contributed by atoms with van der Waals surface area (Å²) >= 11 is 0. The smallest absolute Gasteiger partial charge is 0.328 e. The SMILES string of the molecule is CCC(CC(C)CC(C)OC)Oc1ccccc1C=CC(C)=C/C=C/C(C)=C/C(=O)O. The Balaban J connectivity index is 2.82. The van der Waals surface area contributed by atoms with Gasteiger partial charge in [0.1, 0.15) is 5.75 Å². The zero-order chi connectivity index (χ0) is 23.2. The van der Waals surface area contributed by atoms with E-state index in [9.17, 15) is 4.79 Å². The number of hydrogen-bond donors (Lipinski definition) is 1. The van der Waals surface area contributed by atoms with Gasteiger partial charge in [-0.1, -0.05) is 68.0 Å². The molecule has 0 fully saturated rings. The Kier molecular flexibility index (Phi) is 12.3. The van der Waals surface area contributed by atoms with Gasteiger partial charge in [0.25, 0.3) is 0 Å². The Labute approximate surface area is 188 Å². The van der Waals surface area contributed by atoms with Gasteiger partial charge >= 0.3 is 5.97 Å². The van der Waals surface area contributed by atoms with E-state index in [2.05, 4.69) is 32.9 Å². The molecule has 1 aromatic carbocycles. The van der Waals surface area contributed by atoms with Crippen LogP contribution in [0.25, 0.3) is 6.08 Å². The number of carbonyl (C=O) groups is 1. The molecule has 1 rings (SSSR count). The standard InChI is InChI=1S/C27H38O4/c1-7-25(18-22(4)17-23(5)30-6)31-26-14-9-8-13-24(26)16-15-20(2)11-10-12-21(3)19-27(28)29/h8-16,19,22-23,25H,7,17-18H2,1-6H3,(H,28,29)/b12-10+,16-15?,20-11?,21-19+. The second kappa shape index (κ2) is 14.4. The molecule has 4 nitrogen and oxygen atoms in total. The minimum absolute atomic E-state index is 0.164. The first kappa shape index (κ1) is 26.4. The molecule has 3 atom stereocenters. The van der Waals surface area contributed by atoms with Crippen molar-refractivity contribution in [3.8, 4) is 5.75 Å². The molecule has 0 radical (unpaired) electrons.